The number of aryl methyl sites for hydroxylation is 2. The summed E-state index contributed by atoms with van der Waals surface area (Å²) >= 11 is 0. The molecule has 0 spiro atoms. The summed E-state index contributed by atoms with van der Waals surface area (Å²) in [5.74, 6) is 1.91. The summed E-state index contributed by atoms with van der Waals surface area (Å²) in [4.78, 5) is 0. The third-order valence-corrected chi connectivity index (χ3v) is 6.52. The number of fused-ring (bicyclic) bond motifs is 2. The van der Waals surface area contributed by atoms with Crippen molar-refractivity contribution in [3.05, 3.63) is 108 Å². The van der Waals surface area contributed by atoms with Crippen LogP contribution in [0.1, 0.15) is 18.1 Å². The van der Waals surface area contributed by atoms with Crippen LogP contribution in [0.4, 0.5) is 0 Å². The fourth-order valence-corrected chi connectivity index (χ4v) is 4.76. The maximum absolute atomic E-state index is 6.21. The Morgan fingerprint density at radius 2 is 0.970 bits per heavy atom. The number of rotatable bonds is 4. The zero-order chi connectivity index (χ0) is 22.4. The lowest BCUT2D eigenvalue weighted by Crippen LogP contribution is -1.84. The third kappa shape index (κ3) is 3.27. The molecule has 0 saturated heterocycles. The smallest absolute Gasteiger partial charge is 0.138 e. The van der Waals surface area contributed by atoms with Crippen LogP contribution in [0.15, 0.2) is 106 Å². The van der Waals surface area contributed by atoms with Gasteiger partial charge in [0.1, 0.15) is 22.7 Å². The van der Waals surface area contributed by atoms with Crippen LogP contribution in [0.5, 0.6) is 0 Å². The third-order valence-electron chi connectivity index (χ3n) is 6.52. The van der Waals surface area contributed by atoms with Crippen molar-refractivity contribution in [2.75, 3.05) is 0 Å². The van der Waals surface area contributed by atoms with E-state index in [1.54, 1.807) is 0 Å². The molecule has 33 heavy (non-hydrogen) atoms. The minimum absolute atomic E-state index is 0.932. The molecule has 4 aromatic carbocycles. The van der Waals surface area contributed by atoms with Crippen molar-refractivity contribution >= 4 is 21.9 Å². The molecule has 0 amide bonds. The van der Waals surface area contributed by atoms with Gasteiger partial charge in [-0.1, -0.05) is 91.9 Å². The number of furan rings is 2. The second-order valence-corrected chi connectivity index (χ2v) is 8.47. The Morgan fingerprint density at radius 3 is 1.55 bits per heavy atom. The quantitative estimate of drug-likeness (QED) is 0.280. The normalized spacial score (nSPS) is 11.5. The monoisotopic (exact) mass is 428 g/mol. The molecule has 6 rings (SSSR count). The number of para-hydroxylation sites is 2. The van der Waals surface area contributed by atoms with E-state index in [-0.39, 0.29) is 0 Å². The SMILES string of the molecule is CCc1c(-c2ccc(-c3ccc(-c4oc5ccccc5c4C)cc3)cc2)oc2ccccc12. The molecule has 2 heteroatoms. The van der Waals surface area contributed by atoms with E-state index in [2.05, 4.69) is 86.6 Å². The standard InChI is InChI=1S/C31H24O2/c1-3-25-27-9-5-7-11-29(27)33-31(25)24-18-14-22(15-19-24)21-12-16-23(17-13-21)30-20(2)26-8-4-6-10-28(26)32-30/h4-19H,3H2,1-2H3. The van der Waals surface area contributed by atoms with Crippen LogP contribution in [0.25, 0.3) is 55.7 Å². The molecule has 0 atom stereocenters. The lowest BCUT2D eigenvalue weighted by molar-refractivity contribution is 0.627. The summed E-state index contributed by atoms with van der Waals surface area (Å²) in [5.41, 5.74) is 8.90. The van der Waals surface area contributed by atoms with Crippen molar-refractivity contribution in [2.45, 2.75) is 20.3 Å². The Bertz CT molecular complexity index is 1580. The van der Waals surface area contributed by atoms with Crippen molar-refractivity contribution in [2.24, 2.45) is 0 Å². The van der Waals surface area contributed by atoms with Gasteiger partial charge in [0.25, 0.3) is 0 Å². The van der Waals surface area contributed by atoms with Gasteiger partial charge in [0.2, 0.25) is 0 Å². The maximum Gasteiger partial charge on any atom is 0.138 e. The highest BCUT2D eigenvalue weighted by Crippen LogP contribution is 2.36. The zero-order valence-corrected chi connectivity index (χ0v) is 18.8. The second-order valence-electron chi connectivity index (χ2n) is 8.47. The van der Waals surface area contributed by atoms with Crippen LogP contribution in [-0.4, -0.2) is 0 Å². The van der Waals surface area contributed by atoms with Crippen molar-refractivity contribution in [3.63, 3.8) is 0 Å². The molecule has 0 unspecified atom stereocenters. The fraction of sp³-hybridized carbons (Fsp3) is 0.0968. The Hall–Kier alpha value is -4.04. The van der Waals surface area contributed by atoms with Gasteiger partial charge in [0.05, 0.1) is 0 Å². The highest BCUT2D eigenvalue weighted by molar-refractivity contribution is 5.89. The van der Waals surface area contributed by atoms with Gasteiger partial charge in [-0.05, 0) is 36.6 Å². The molecule has 160 valence electrons. The molecule has 0 aliphatic heterocycles. The molecule has 2 heterocycles. The van der Waals surface area contributed by atoms with E-state index in [9.17, 15) is 0 Å². The highest BCUT2D eigenvalue weighted by Gasteiger charge is 2.15. The van der Waals surface area contributed by atoms with Crippen LogP contribution in [0, 0.1) is 6.92 Å². The Balaban J connectivity index is 1.32. The summed E-state index contributed by atoms with van der Waals surface area (Å²) in [6.45, 7) is 4.30. The van der Waals surface area contributed by atoms with Gasteiger partial charge in [-0.2, -0.15) is 0 Å². The van der Waals surface area contributed by atoms with Crippen LogP contribution >= 0.6 is 0 Å². The molecule has 0 fully saturated rings. The van der Waals surface area contributed by atoms with E-state index in [4.69, 9.17) is 8.83 Å². The van der Waals surface area contributed by atoms with E-state index in [1.807, 2.05) is 24.3 Å². The van der Waals surface area contributed by atoms with Crippen molar-refractivity contribution < 1.29 is 8.83 Å². The first-order chi connectivity index (χ1) is 16.2. The molecule has 0 radical (unpaired) electrons. The van der Waals surface area contributed by atoms with Gasteiger partial charge >= 0.3 is 0 Å². The van der Waals surface area contributed by atoms with Gasteiger partial charge < -0.3 is 8.83 Å². The first-order valence-corrected chi connectivity index (χ1v) is 11.4. The van der Waals surface area contributed by atoms with E-state index in [1.165, 1.54) is 33.0 Å². The summed E-state index contributed by atoms with van der Waals surface area (Å²) in [7, 11) is 0. The lowest BCUT2D eigenvalue weighted by Gasteiger charge is -2.06. The van der Waals surface area contributed by atoms with Crippen molar-refractivity contribution in [1.82, 2.24) is 0 Å². The predicted octanol–water partition coefficient (Wildman–Crippen LogP) is 9.05. The van der Waals surface area contributed by atoms with Crippen LogP contribution in [-0.2, 0) is 6.42 Å². The Morgan fingerprint density at radius 1 is 0.515 bits per heavy atom. The van der Waals surface area contributed by atoms with Crippen LogP contribution in [0.2, 0.25) is 0 Å². The van der Waals surface area contributed by atoms with Gasteiger partial charge in [-0.25, -0.2) is 0 Å². The molecular weight excluding hydrogens is 404 g/mol. The van der Waals surface area contributed by atoms with Gasteiger partial charge in [-0.15, -0.1) is 0 Å². The number of hydrogen-bond acceptors (Lipinski definition) is 2. The average molecular weight is 429 g/mol. The minimum Gasteiger partial charge on any atom is -0.456 e. The van der Waals surface area contributed by atoms with E-state index < -0.39 is 0 Å². The number of benzene rings is 4. The summed E-state index contributed by atoms with van der Waals surface area (Å²) in [6.07, 6.45) is 0.941. The molecule has 0 aliphatic carbocycles. The highest BCUT2D eigenvalue weighted by atomic mass is 16.3. The van der Waals surface area contributed by atoms with E-state index in [0.717, 1.165) is 40.2 Å². The van der Waals surface area contributed by atoms with Gasteiger partial charge in [0, 0.05) is 33.0 Å². The molecule has 0 aliphatic rings. The molecule has 2 aromatic heterocycles. The largest absolute Gasteiger partial charge is 0.456 e. The van der Waals surface area contributed by atoms with Crippen molar-refractivity contribution in [3.8, 4) is 33.8 Å². The molecule has 6 aromatic rings. The fourth-order valence-electron chi connectivity index (χ4n) is 4.76. The molecule has 0 bridgehead atoms. The summed E-state index contributed by atoms with van der Waals surface area (Å²) < 4.78 is 12.3. The Kier molecular flexibility index (Phi) is 4.66. The second kappa shape index (κ2) is 7.83. The lowest BCUT2D eigenvalue weighted by atomic mass is 9.98. The van der Waals surface area contributed by atoms with Crippen LogP contribution in [0.3, 0.4) is 0 Å². The molecular formula is C31H24O2. The number of hydrogen-bond donors (Lipinski definition) is 0. The predicted molar refractivity (Wildman–Crippen MR) is 136 cm³/mol. The molecule has 2 nitrogen and oxygen atoms in total. The van der Waals surface area contributed by atoms with Crippen LogP contribution < -0.4 is 0 Å². The maximum atomic E-state index is 6.21. The summed E-state index contributed by atoms with van der Waals surface area (Å²) in [6, 6.07) is 33.7. The van der Waals surface area contributed by atoms with Gasteiger partial charge in [0.15, 0.2) is 0 Å². The van der Waals surface area contributed by atoms with Crippen molar-refractivity contribution in [1.29, 1.82) is 0 Å². The van der Waals surface area contributed by atoms with Gasteiger partial charge in [-0.3, -0.25) is 0 Å². The first kappa shape index (κ1) is 19.6. The minimum atomic E-state index is 0.932. The topological polar surface area (TPSA) is 26.3 Å². The molecule has 0 saturated carbocycles. The summed E-state index contributed by atoms with van der Waals surface area (Å²) in [5, 5.41) is 2.37. The van der Waals surface area contributed by atoms with E-state index in [0.29, 0.717) is 0 Å². The average Bonchev–Trinajstić information content (AvgIpc) is 3.42. The Labute approximate surface area is 193 Å². The first-order valence-electron chi connectivity index (χ1n) is 11.4. The van der Waals surface area contributed by atoms with E-state index >= 15 is 0 Å². The zero-order valence-electron chi connectivity index (χ0n) is 18.8. The molecule has 0 N–H and O–H groups in total.